The van der Waals surface area contributed by atoms with E-state index in [1.807, 2.05) is 0 Å². The smallest absolute Gasteiger partial charge is 0.311 e. The van der Waals surface area contributed by atoms with Crippen LogP contribution in [0.1, 0.15) is 25.7 Å². The number of carbonyl (C=O) groups is 2. The summed E-state index contributed by atoms with van der Waals surface area (Å²) in [5.41, 5.74) is -0.851. The molecule has 0 unspecified atom stereocenters. The fourth-order valence-corrected chi connectivity index (χ4v) is 2.70. The zero-order chi connectivity index (χ0) is 13.7. The van der Waals surface area contributed by atoms with E-state index in [0.717, 1.165) is 19.4 Å². The number of hydrogen-bond acceptors (Lipinski definition) is 4. The molecule has 2 fully saturated rings. The molecule has 6 heteroatoms. The van der Waals surface area contributed by atoms with Crippen LogP contribution in [0.2, 0.25) is 0 Å². The van der Waals surface area contributed by atoms with E-state index in [2.05, 4.69) is 10.6 Å². The van der Waals surface area contributed by atoms with E-state index in [1.165, 1.54) is 0 Å². The summed E-state index contributed by atoms with van der Waals surface area (Å²) < 4.78 is 5.21. The molecule has 0 aliphatic carbocycles. The molecule has 2 aliphatic heterocycles. The predicted octanol–water partition coefficient (Wildman–Crippen LogP) is -0.0164. The number of rotatable bonds is 4. The maximum atomic E-state index is 12.0. The van der Waals surface area contributed by atoms with Gasteiger partial charge in [-0.15, -0.1) is 0 Å². The number of amides is 1. The summed E-state index contributed by atoms with van der Waals surface area (Å²) in [5, 5.41) is 15.4. The Kier molecular flexibility index (Phi) is 4.76. The number of nitrogens with one attached hydrogen (secondary N) is 2. The Labute approximate surface area is 112 Å². The summed E-state index contributed by atoms with van der Waals surface area (Å²) in [6, 6.07) is 0. The molecule has 2 rings (SSSR count). The standard InChI is InChI=1S/C13H22N2O4/c16-11(10-2-1-5-14-8-10)15-9-13(12(17)18)3-6-19-7-4-13/h10,14H,1-9H2,(H,15,16)(H,17,18)/t10-/m0/s1. The lowest BCUT2D eigenvalue weighted by Crippen LogP contribution is -2.49. The van der Waals surface area contributed by atoms with Crippen molar-refractivity contribution in [3.63, 3.8) is 0 Å². The zero-order valence-electron chi connectivity index (χ0n) is 11.1. The van der Waals surface area contributed by atoms with Gasteiger partial charge in [0.25, 0.3) is 0 Å². The molecule has 0 aromatic rings. The van der Waals surface area contributed by atoms with Crippen LogP contribution >= 0.6 is 0 Å². The van der Waals surface area contributed by atoms with E-state index in [9.17, 15) is 14.7 Å². The van der Waals surface area contributed by atoms with Gasteiger partial charge in [0.2, 0.25) is 5.91 Å². The molecule has 2 heterocycles. The van der Waals surface area contributed by atoms with E-state index in [0.29, 0.717) is 32.6 Å². The van der Waals surface area contributed by atoms with Gasteiger partial charge in [-0.05, 0) is 32.2 Å². The van der Waals surface area contributed by atoms with Crippen molar-refractivity contribution >= 4 is 11.9 Å². The van der Waals surface area contributed by atoms with Gasteiger partial charge in [0, 0.05) is 26.3 Å². The van der Waals surface area contributed by atoms with Crippen LogP contribution in [-0.4, -0.2) is 49.8 Å². The van der Waals surface area contributed by atoms with Crippen molar-refractivity contribution in [2.24, 2.45) is 11.3 Å². The Morgan fingerprint density at radius 3 is 2.68 bits per heavy atom. The molecule has 0 aromatic heterocycles. The minimum Gasteiger partial charge on any atom is -0.481 e. The van der Waals surface area contributed by atoms with Gasteiger partial charge in [-0.3, -0.25) is 9.59 Å². The maximum Gasteiger partial charge on any atom is 0.311 e. The third-order valence-corrected chi connectivity index (χ3v) is 4.17. The van der Waals surface area contributed by atoms with Gasteiger partial charge in [0.1, 0.15) is 0 Å². The highest BCUT2D eigenvalue weighted by molar-refractivity contribution is 5.81. The Bertz CT molecular complexity index is 334. The molecule has 0 bridgehead atoms. The monoisotopic (exact) mass is 270 g/mol. The van der Waals surface area contributed by atoms with Crippen molar-refractivity contribution in [1.82, 2.24) is 10.6 Å². The average molecular weight is 270 g/mol. The summed E-state index contributed by atoms with van der Waals surface area (Å²) in [4.78, 5) is 23.5. The van der Waals surface area contributed by atoms with Gasteiger partial charge in [0.15, 0.2) is 0 Å². The normalized spacial score (nSPS) is 26.6. The molecule has 0 aromatic carbocycles. The number of carboxylic acids is 1. The zero-order valence-corrected chi connectivity index (χ0v) is 11.1. The van der Waals surface area contributed by atoms with Gasteiger partial charge in [-0.1, -0.05) is 0 Å². The number of piperidine rings is 1. The highest BCUT2D eigenvalue weighted by Gasteiger charge is 2.40. The molecule has 2 saturated heterocycles. The van der Waals surface area contributed by atoms with Gasteiger partial charge >= 0.3 is 5.97 Å². The van der Waals surface area contributed by atoms with Crippen molar-refractivity contribution in [2.75, 3.05) is 32.8 Å². The van der Waals surface area contributed by atoms with Crippen LogP contribution in [0.25, 0.3) is 0 Å². The lowest BCUT2D eigenvalue weighted by Gasteiger charge is -2.33. The SMILES string of the molecule is O=C(NCC1(C(=O)O)CCOCC1)[C@H]1CCCNC1. The van der Waals surface area contributed by atoms with E-state index >= 15 is 0 Å². The number of carboxylic acid groups (broad SMARTS) is 1. The van der Waals surface area contributed by atoms with Crippen LogP contribution in [0, 0.1) is 11.3 Å². The summed E-state index contributed by atoms with van der Waals surface area (Å²) in [6.07, 6.45) is 2.80. The molecule has 108 valence electrons. The quantitative estimate of drug-likeness (QED) is 0.668. The summed E-state index contributed by atoms with van der Waals surface area (Å²) in [5.74, 6) is -0.892. The third kappa shape index (κ3) is 3.45. The molecule has 0 radical (unpaired) electrons. The summed E-state index contributed by atoms with van der Waals surface area (Å²) in [7, 11) is 0. The molecular formula is C13H22N2O4. The minimum absolute atomic E-state index is 0.0283. The second-order valence-corrected chi connectivity index (χ2v) is 5.46. The molecule has 0 spiro atoms. The Balaban J connectivity index is 1.87. The number of ether oxygens (including phenoxy) is 1. The second-order valence-electron chi connectivity index (χ2n) is 5.46. The number of carbonyl (C=O) groups excluding carboxylic acids is 1. The molecular weight excluding hydrogens is 248 g/mol. The van der Waals surface area contributed by atoms with Crippen LogP contribution < -0.4 is 10.6 Å². The Morgan fingerprint density at radius 2 is 2.11 bits per heavy atom. The van der Waals surface area contributed by atoms with Crippen LogP contribution in [0.15, 0.2) is 0 Å². The Morgan fingerprint density at radius 1 is 1.37 bits per heavy atom. The first-order valence-corrected chi connectivity index (χ1v) is 6.94. The van der Waals surface area contributed by atoms with E-state index in [-0.39, 0.29) is 18.4 Å². The lowest BCUT2D eigenvalue weighted by molar-refractivity contribution is -0.154. The molecule has 1 atom stereocenters. The average Bonchev–Trinajstić information content (AvgIpc) is 2.46. The fourth-order valence-electron chi connectivity index (χ4n) is 2.70. The first-order valence-electron chi connectivity index (χ1n) is 6.94. The fraction of sp³-hybridized carbons (Fsp3) is 0.846. The second kappa shape index (κ2) is 6.34. The molecule has 2 aliphatic rings. The highest BCUT2D eigenvalue weighted by atomic mass is 16.5. The van der Waals surface area contributed by atoms with Crippen LogP contribution in [0.4, 0.5) is 0 Å². The van der Waals surface area contributed by atoms with Gasteiger partial charge in [0.05, 0.1) is 11.3 Å². The minimum atomic E-state index is -0.851. The van der Waals surface area contributed by atoms with E-state index < -0.39 is 11.4 Å². The van der Waals surface area contributed by atoms with Gasteiger partial charge in [-0.2, -0.15) is 0 Å². The maximum absolute atomic E-state index is 12.0. The van der Waals surface area contributed by atoms with Crippen molar-refractivity contribution in [2.45, 2.75) is 25.7 Å². The van der Waals surface area contributed by atoms with Crippen LogP contribution in [-0.2, 0) is 14.3 Å². The first kappa shape index (κ1) is 14.3. The highest BCUT2D eigenvalue weighted by Crippen LogP contribution is 2.30. The molecule has 1 amide bonds. The summed E-state index contributed by atoms with van der Waals surface area (Å²) >= 11 is 0. The number of aliphatic carboxylic acids is 1. The van der Waals surface area contributed by atoms with Crippen molar-refractivity contribution in [3.05, 3.63) is 0 Å². The van der Waals surface area contributed by atoms with Crippen LogP contribution in [0.3, 0.4) is 0 Å². The first-order chi connectivity index (χ1) is 9.14. The predicted molar refractivity (Wildman–Crippen MR) is 68.7 cm³/mol. The molecule has 6 nitrogen and oxygen atoms in total. The third-order valence-electron chi connectivity index (χ3n) is 4.17. The van der Waals surface area contributed by atoms with Crippen molar-refractivity contribution in [3.8, 4) is 0 Å². The van der Waals surface area contributed by atoms with Crippen LogP contribution in [0.5, 0.6) is 0 Å². The van der Waals surface area contributed by atoms with Crippen molar-refractivity contribution in [1.29, 1.82) is 0 Å². The molecule has 0 saturated carbocycles. The summed E-state index contributed by atoms with van der Waals surface area (Å²) in [6.45, 7) is 2.76. The van der Waals surface area contributed by atoms with Gasteiger partial charge in [-0.25, -0.2) is 0 Å². The number of hydrogen-bond donors (Lipinski definition) is 3. The van der Waals surface area contributed by atoms with Gasteiger partial charge < -0.3 is 20.5 Å². The van der Waals surface area contributed by atoms with Crippen molar-refractivity contribution < 1.29 is 19.4 Å². The Hall–Kier alpha value is -1.14. The molecule has 19 heavy (non-hydrogen) atoms. The molecule has 3 N–H and O–H groups in total. The lowest BCUT2D eigenvalue weighted by atomic mass is 9.80. The largest absolute Gasteiger partial charge is 0.481 e. The van der Waals surface area contributed by atoms with E-state index in [1.54, 1.807) is 0 Å². The van der Waals surface area contributed by atoms with E-state index in [4.69, 9.17) is 4.74 Å². The topological polar surface area (TPSA) is 87.7 Å².